The van der Waals surface area contributed by atoms with E-state index in [1.54, 1.807) is 11.3 Å². The quantitative estimate of drug-likeness (QED) is 0.882. The van der Waals surface area contributed by atoms with E-state index in [2.05, 4.69) is 47.7 Å². The van der Waals surface area contributed by atoms with Gasteiger partial charge in [-0.05, 0) is 37.1 Å². The van der Waals surface area contributed by atoms with Gasteiger partial charge in [-0.15, -0.1) is 11.3 Å². The first-order chi connectivity index (χ1) is 11.6. The zero-order chi connectivity index (χ0) is 16.7. The van der Waals surface area contributed by atoms with Crippen LogP contribution in [0.2, 0.25) is 0 Å². The highest BCUT2D eigenvalue weighted by Crippen LogP contribution is 2.39. The number of fused-ring (bicyclic) bond motifs is 3. The van der Waals surface area contributed by atoms with Gasteiger partial charge in [0.1, 0.15) is 11.2 Å². The highest BCUT2D eigenvalue weighted by atomic mass is 32.1. The summed E-state index contributed by atoms with van der Waals surface area (Å²) in [6.45, 7) is 4.00. The van der Waals surface area contributed by atoms with E-state index < -0.39 is 0 Å². The van der Waals surface area contributed by atoms with Gasteiger partial charge in [-0.1, -0.05) is 36.4 Å². The molecule has 0 unspecified atom stereocenters. The molecule has 0 saturated carbocycles. The second kappa shape index (κ2) is 6.07. The average molecular weight is 339 g/mol. The van der Waals surface area contributed by atoms with E-state index in [-0.39, 0.29) is 12.1 Å². The second-order valence-electron chi connectivity index (χ2n) is 6.55. The van der Waals surface area contributed by atoms with Crippen molar-refractivity contribution in [1.82, 2.24) is 10.2 Å². The molecule has 3 heterocycles. The van der Waals surface area contributed by atoms with Gasteiger partial charge in [-0.25, -0.2) is 0 Å². The van der Waals surface area contributed by atoms with Crippen molar-refractivity contribution in [3.63, 3.8) is 0 Å². The van der Waals surface area contributed by atoms with Crippen molar-refractivity contribution < 1.29 is 4.79 Å². The third-order valence-corrected chi connectivity index (χ3v) is 5.82. The van der Waals surface area contributed by atoms with Crippen LogP contribution in [0.1, 0.15) is 33.3 Å². The molecule has 2 aromatic rings. The van der Waals surface area contributed by atoms with Crippen molar-refractivity contribution in [2.24, 2.45) is 0 Å². The van der Waals surface area contributed by atoms with E-state index in [0.717, 1.165) is 41.2 Å². The minimum absolute atomic E-state index is 0.0524. The predicted molar refractivity (Wildman–Crippen MR) is 99.3 cm³/mol. The Balaban J connectivity index is 1.63. The van der Waals surface area contributed by atoms with Gasteiger partial charge in [0.15, 0.2) is 0 Å². The number of thiophene rings is 1. The number of benzene rings is 1. The summed E-state index contributed by atoms with van der Waals surface area (Å²) >= 11 is 1.73. The maximum Gasteiger partial charge on any atom is 0.256 e. The molecule has 2 aliphatic rings. The molecule has 0 radical (unpaired) electrons. The lowest BCUT2D eigenvalue weighted by atomic mass is 10.0. The first-order valence-corrected chi connectivity index (χ1v) is 9.07. The predicted octanol–water partition coefficient (Wildman–Crippen LogP) is 3.32. The van der Waals surface area contributed by atoms with Crippen LogP contribution in [-0.2, 0) is 13.0 Å². The van der Waals surface area contributed by atoms with Gasteiger partial charge >= 0.3 is 0 Å². The molecule has 2 aliphatic heterocycles. The monoisotopic (exact) mass is 339 g/mol. The molecule has 0 aliphatic carbocycles. The van der Waals surface area contributed by atoms with Crippen LogP contribution in [0.15, 0.2) is 35.9 Å². The van der Waals surface area contributed by atoms with Crippen molar-refractivity contribution in [3.8, 4) is 0 Å². The average Bonchev–Trinajstić information content (AvgIpc) is 2.93. The summed E-state index contributed by atoms with van der Waals surface area (Å²) in [7, 11) is 2.13. The van der Waals surface area contributed by atoms with Crippen LogP contribution in [0.25, 0.3) is 6.08 Å². The third kappa shape index (κ3) is 2.74. The lowest BCUT2D eigenvalue weighted by Gasteiger charge is -2.27. The van der Waals surface area contributed by atoms with Gasteiger partial charge in [0.2, 0.25) is 0 Å². The minimum Gasteiger partial charge on any atom is -0.353 e. The summed E-state index contributed by atoms with van der Waals surface area (Å²) in [6.07, 6.45) is 2.92. The number of nitrogens with zero attached hydrogens (tertiary/aromatic N) is 1. The van der Waals surface area contributed by atoms with Gasteiger partial charge < -0.3 is 15.5 Å². The number of hydrogen-bond acceptors (Lipinski definition) is 4. The van der Waals surface area contributed by atoms with Crippen LogP contribution in [0.3, 0.4) is 0 Å². The van der Waals surface area contributed by atoms with Crippen LogP contribution < -0.4 is 10.6 Å². The number of hydrogen-bond donors (Lipinski definition) is 2. The van der Waals surface area contributed by atoms with Gasteiger partial charge in [-0.3, -0.25) is 4.79 Å². The highest BCUT2D eigenvalue weighted by molar-refractivity contribution is 7.16. The lowest BCUT2D eigenvalue weighted by molar-refractivity contribution is 0.0940. The highest BCUT2D eigenvalue weighted by Gasteiger charge is 2.32. The molecule has 1 atom stereocenters. The van der Waals surface area contributed by atoms with Crippen LogP contribution >= 0.6 is 11.3 Å². The molecule has 0 fully saturated rings. The maximum atomic E-state index is 12.7. The largest absolute Gasteiger partial charge is 0.353 e. The summed E-state index contributed by atoms with van der Waals surface area (Å²) in [5.74, 6) is 0.0524. The molecule has 5 heteroatoms. The van der Waals surface area contributed by atoms with Crippen LogP contribution in [0.4, 0.5) is 5.00 Å². The Bertz CT molecular complexity index is 810. The summed E-state index contributed by atoms with van der Waals surface area (Å²) in [4.78, 5) is 16.3. The topological polar surface area (TPSA) is 44.4 Å². The molecule has 1 aromatic heterocycles. The molecule has 2 N–H and O–H groups in total. The van der Waals surface area contributed by atoms with Crippen LogP contribution in [0.5, 0.6) is 0 Å². The van der Waals surface area contributed by atoms with Gasteiger partial charge in [-0.2, -0.15) is 0 Å². The molecule has 0 bridgehead atoms. The molecule has 1 aromatic carbocycles. The van der Waals surface area contributed by atoms with Crippen molar-refractivity contribution in [1.29, 1.82) is 0 Å². The zero-order valence-corrected chi connectivity index (χ0v) is 14.7. The number of anilines is 1. The fourth-order valence-electron chi connectivity index (χ4n) is 3.37. The molecule has 1 amide bonds. The van der Waals surface area contributed by atoms with Gasteiger partial charge in [0.25, 0.3) is 5.91 Å². The Hall–Kier alpha value is -2.11. The molecule has 24 heavy (non-hydrogen) atoms. The molecule has 4 nitrogen and oxygen atoms in total. The molecule has 4 rings (SSSR count). The first-order valence-electron chi connectivity index (χ1n) is 8.25. The van der Waals surface area contributed by atoms with Crippen LogP contribution in [0, 0.1) is 0 Å². The van der Waals surface area contributed by atoms with Crippen LogP contribution in [-0.4, -0.2) is 30.6 Å². The standard InChI is InChI=1S/C19H21N3OS/c1-12(10-13-6-4-3-5-7-13)17-20-18(23)16-14-8-9-22(2)11-15(14)24-19(16)21-17/h3-7,10,17,21H,8-9,11H2,1-2H3,(H,20,23)/b12-10+/t17-/m0/s1. The Morgan fingerprint density at radius 3 is 2.88 bits per heavy atom. The summed E-state index contributed by atoms with van der Waals surface area (Å²) < 4.78 is 0. The summed E-state index contributed by atoms with van der Waals surface area (Å²) in [5, 5.41) is 7.65. The number of likely N-dealkylation sites (N-methyl/N-ethyl adjacent to an activating group) is 1. The van der Waals surface area contributed by atoms with E-state index >= 15 is 0 Å². The Morgan fingerprint density at radius 2 is 2.08 bits per heavy atom. The van der Waals surface area contributed by atoms with E-state index in [1.807, 2.05) is 18.2 Å². The van der Waals surface area contributed by atoms with E-state index in [1.165, 1.54) is 10.4 Å². The Kier molecular flexibility index (Phi) is 3.90. The molecular weight excluding hydrogens is 318 g/mol. The van der Waals surface area contributed by atoms with Crippen molar-refractivity contribution >= 4 is 28.3 Å². The van der Waals surface area contributed by atoms with E-state index in [0.29, 0.717) is 0 Å². The number of carbonyl (C=O) groups excluding carboxylic acids is 1. The second-order valence-corrected chi connectivity index (χ2v) is 7.65. The molecular formula is C19H21N3OS. The summed E-state index contributed by atoms with van der Waals surface area (Å²) in [6, 6.07) is 10.2. The smallest absolute Gasteiger partial charge is 0.256 e. The number of rotatable bonds is 2. The number of carbonyl (C=O) groups is 1. The number of amides is 1. The minimum atomic E-state index is -0.150. The molecule has 124 valence electrons. The van der Waals surface area contributed by atoms with Crippen molar-refractivity contribution in [2.45, 2.75) is 26.1 Å². The fourth-order valence-corrected chi connectivity index (χ4v) is 4.72. The zero-order valence-electron chi connectivity index (χ0n) is 13.9. The lowest BCUT2D eigenvalue weighted by Crippen LogP contribution is -2.45. The molecule has 0 saturated heterocycles. The van der Waals surface area contributed by atoms with Gasteiger partial charge in [0, 0.05) is 18.0 Å². The van der Waals surface area contributed by atoms with Gasteiger partial charge in [0.05, 0.1) is 5.56 Å². The molecule has 0 spiro atoms. The van der Waals surface area contributed by atoms with E-state index in [9.17, 15) is 4.79 Å². The Morgan fingerprint density at radius 1 is 1.29 bits per heavy atom. The fraction of sp³-hybridized carbons (Fsp3) is 0.316. The third-order valence-electron chi connectivity index (χ3n) is 4.67. The summed E-state index contributed by atoms with van der Waals surface area (Å²) in [5.41, 5.74) is 4.35. The first kappa shape index (κ1) is 15.4. The maximum absolute atomic E-state index is 12.7. The Labute approximate surface area is 146 Å². The van der Waals surface area contributed by atoms with Crippen molar-refractivity contribution in [3.05, 3.63) is 57.5 Å². The normalized spacial score (nSPS) is 20.8. The van der Waals surface area contributed by atoms with Crippen molar-refractivity contribution in [2.75, 3.05) is 18.9 Å². The SMILES string of the molecule is C/C(=C\c1ccccc1)[C@H]1NC(=O)c2c(sc3c2CCN(C)C3)N1. The number of nitrogens with one attached hydrogen (secondary N) is 2. The van der Waals surface area contributed by atoms with E-state index in [4.69, 9.17) is 0 Å².